The molecule has 1 amide bonds. The van der Waals surface area contributed by atoms with E-state index >= 15 is 0 Å². The van der Waals surface area contributed by atoms with Crippen LogP contribution < -0.4 is 14.8 Å². The summed E-state index contributed by atoms with van der Waals surface area (Å²) in [6.45, 7) is 7.60. The number of ether oxygens (including phenoxy) is 4. The summed E-state index contributed by atoms with van der Waals surface area (Å²) in [5.41, 5.74) is 1.83. The normalized spacial score (nSPS) is 10.1. The molecule has 0 saturated heterocycles. The van der Waals surface area contributed by atoms with Crippen LogP contribution in [0.2, 0.25) is 0 Å². The lowest BCUT2D eigenvalue weighted by molar-refractivity contribution is -0.143. The zero-order valence-corrected chi connectivity index (χ0v) is 21.3. The standard InChI is InChI=1S/C29H33NO8/c1-3-20-35-26(31)17-11-22-7-13-24(14-8-22)37-28(33)6-5-19-30-29(34)38-25-15-9-23(10-16-25)12-18-27(32)36-21-4-2/h3-4,7-10,13-16H,1-2,5-6,11-12,17-21H2,(H,30,34). The van der Waals surface area contributed by atoms with Crippen LogP contribution in [0.4, 0.5) is 4.79 Å². The van der Waals surface area contributed by atoms with Crippen LogP contribution in [0.5, 0.6) is 11.5 Å². The van der Waals surface area contributed by atoms with Gasteiger partial charge < -0.3 is 24.3 Å². The second-order valence-electron chi connectivity index (χ2n) is 8.13. The van der Waals surface area contributed by atoms with Crippen molar-refractivity contribution in [2.24, 2.45) is 0 Å². The van der Waals surface area contributed by atoms with Crippen molar-refractivity contribution in [3.05, 3.63) is 85.0 Å². The van der Waals surface area contributed by atoms with E-state index in [0.29, 0.717) is 30.8 Å². The summed E-state index contributed by atoms with van der Waals surface area (Å²) in [6, 6.07) is 13.7. The third kappa shape index (κ3) is 12.5. The number of rotatable bonds is 16. The molecule has 38 heavy (non-hydrogen) atoms. The van der Waals surface area contributed by atoms with Gasteiger partial charge in [-0.1, -0.05) is 49.6 Å². The zero-order chi connectivity index (χ0) is 27.6. The molecule has 0 fully saturated rings. The van der Waals surface area contributed by atoms with Gasteiger partial charge >= 0.3 is 24.0 Å². The Hall–Kier alpha value is -4.40. The molecule has 2 rings (SSSR count). The molecule has 0 aliphatic carbocycles. The number of carbonyl (C=O) groups is 4. The quantitative estimate of drug-likeness (QED) is 0.148. The summed E-state index contributed by atoms with van der Waals surface area (Å²) in [7, 11) is 0. The molecule has 0 saturated carbocycles. The van der Waals surface area contributed by atoms with Gasteiger partial charge in [0.05, 0.1) is 0 Å². The first-order chi connectivity index (χ1) is 18.4. The van der Waals surface area contributed by atoms with Crippen LogP contribution in [0, 0.1) is 0 Å². The average molecular weight is 524 g/mol. The topological polar surface area (TPSA) is 117 Å². The highest BCUT2D eigenvalue weighted by atomic mass is 16.6. The van der Waals surface area contributed by atoms with Crippen LogP contribution in [-0.4, -0.2) is 43.8 Å². The molecule has 0 spiro atoms. The van der Waals surface area contributed by atoms with Crippen molar-refractivity contribution in [1.82, 2.24) is 5.32 Å². The molecule has 0 aliphatic heterocycles. The van der Waals surface area contributed by atoms with Crippen LogP contribution in [0.25, 0.3) is 0 Å². The first kappa shape index (κ1) is 29.8. The lowest BCUT2D eigenvalue weighted by Crippen LogP contribution is -2.28. The number of hydrogen-bond donors (Lipinski definition) is 1. The van der Waals surface area contributed by atoms with Gasteiger partial charge in [0.1, 0.15) is 24.7 Å². The maximum atomic E-state index is 12.1. The number of hydrogen-bond acceptors (Lipinski definition) is 8. The molecule has 9 nitrogen and oxygen atoms in total. The van der Waals surface area contributed by atoms with E-state index in [1.54, 1.807) is 48.5 Å². The number of nitrogens with one attached hydrogen (secondary N) is 1. The molecule has 2 aromatic rings. The van der Waals surface area contributed by atoms with E-state index < -0.39 is 12.1 Å². The zero-order valence-electron chi connectivity index (χ0n) is 21.3. The van der Waals surface area contributed by atoms with Crippen LogP contribution in [-0.2, 0) is 36.7 Å². The highest BCUT2D eigenvalue weighted by Gasteiger charge is 2.09. The molecule has 0 radical (unpaired) electrons. The number of benzene rings is 2. The molecule has 2 aromatic carbocycles. The highest BCUT2D eigenvalue weighted by Crippen LogP contribution is 2.15. The Morgan fingerprint density at radius 2 is 1.13 bits per heavy atom. The van der Waals surface area contributed by atoms with Gasteiger partial charge in [0.25, 0.3) is 0 Å². The minimum absolute atomic E-state index is 0.112. The summed E-state index contributed by atoms with van der Waals surface area (Å²) in [6.07, 6.45) is 4.40. The molecule has 0 atom stereocenters. The maximum absolute atomic E-state index is 12.1. The molecule has 0 heterocycles. The van der Waals surface area contributed by atoms with Gasteiger partial charge in [0, 0.05) is 25.8 Å². The monoisotopic (exact) mass is 523 g/mol. The van der Waals surface area contributed by atoms with Crippen molar-refractivity contribution < 1.29 is 38.1 Å². The van der Waals surface area contributed by atoms with E-state index in [-0.39, 0.29) is 51.0 Å². The summed E-state index contributed by atoms with van der Waals surface area (Å²) in [5, 5.41) is 2.59. The predicted molar refractivity (Wildman–Crippen MR) is 141 cm³/mol. The van der Waals surface area contributed by atoms with E-state index in [2.05, 4.69) is 18.5 Å². The van der Waals surface area contributed by atoms with Gasteiger partial charge in [-0.05, 0) is 54.7 Å². The Morgan fingerprint density at radius 3 is 1.61 bits per heavy atom. The second-order valence-corrected chi connectivity index (χ2v) is 8.13. The lowest BCUT2D eigenvalue weighted by Gasteiger charge is -2.08. The molecule has 202 valence electrons. The summed E-state index contributed by atoms with van der Waals surface area (Å²) >= 11 is 0. The fourth-order valence-corrected chi connectivity index (χ4v) is 3.14. The van der Waals surface area contributed by atoms with E-state index in [9.17, 15) is 19.2 Å². The fraction of sp³-hybridized carbons (Fsp3) is 0.310. The minimum atomic E-state index is -0.636. The first-order valence-electron chi connectivity index (χ1n) is 12.3. The van der Waals surface area contributed by atoms with Crippen LogP contribution >= 0.6 is 0 Å². The van der Waals surface area contributed by atoms with Crippen molar-refractivity contribution in [1.29, 1.82) is 0 Å². The number of carbonyl (C=O) groups excluding carboxylic acids is 4. The van der Waals surface area contributed by atoms with Crippen molar-refractivity contribution in [3.63, 3.8) is 0 Å². The van der Waals surface area contributed by atoms with E-state index in [1.165, 1.54) is 12.2 Å². The first-order valence-corrected chi connectivity index (χ1v) is 12.3. The van der Waals surface area contributed by atoms with Gasteiger partial charge in [-0.2, -0.15) is 0 Å². The second kappa shape index (κ2) is 17.1. The van der Waals surface area contributed by atoms with Gasteiger partial charge in [-0.25, -0.2) is 4.79 Å². The van der Waals surface area contributed by atoms with Gasteiger partial charge in [-0.15, -0.1) is 0 Å². The van der Waals surface area contributed by atoms with Crippen molar-refractivity contribution in [3.8, 4) is 11.5 Å². The molecule has 0 unspecified atom stereocenters. The highest BCUT2D eigenvalue weighted by molar-refractivity contribution is 5.73. The Bertz CT molecular complexity index is 989. The van der Waals surface area contributed by atoms with Crippen LogP contribution in [0.1, 0.15) is 36.8 Å². The number of esters is 3. The third-order valence-electron chi connectivity index (χ3n) is 5.08. The van der Waals surface area contributed by atoms with E-state index in [1.807, 2.05) is 0 Å². The Labute approximate surface area is 222 Å². The van der Waals surface area contributed by atoms with Gasteiger partial charge in [-0.3, -0.25) is 14.4 Å². The molecule has 0 aromatic heterocycles. The van der Waals surface area contributed by atoms with Crippen molar-refractivity contribution in [2.75, 3.05) is 19.8 Å². The fourth-order valence-electron chi connectivity index (χ4n) is 3.14. The Morgan fingerprint density at radius 1 is 0.658 bits per heavy atom. The van der Waals surface area contributed by atoms with Crippen LogP contribution in [0.15, 0.2) is 73.8 Å². The number of aryl methyl sites for hydroxylation is 2. The van der Waals surface area contributed by atoms with Crippen molar-refractivity contribution in [2.45, 2.75) is 38.5 Å². The molecule has 1 N–H and O–H groups in total. The lowest BCUT2D eigenvalue weighted by atomic mass is 10.1. The minimum Gasteiger partial charge on any atom is -0.461 e. The van der Waals surface area contributed by atoms with Gasteiger partial charge in [0.2, 0.25) is 0 Å². The summed E-state index contributed by atoms with van der Waals surface area (Å²) < 4.78 is 20.4. The molecule has 0 aliphatic rings. The van der Waals surface area contributed by atoms with Gasteiger partial charge in [0.15, 0.2) is 0 Å². The smallest absolute Gasteiger partial charge is 0.412 e. The molecular formula is C29H33NO8. The predicted octanol–water partition coefficient (Wildman–Crippen LogP) is 4.48. The Kier molecular flexibility index (Phi) is 13.4. The Balaban J connectivity index is 1.61. The van der Waals surface area contributed by atoms with E-state index in [0.717, 1.165) is 11.1 Å². The third-order valence-corrected chi connectivity index (χ3v) is 5.08. The van der Waals surface area contributed by atoms with Crippen LogP contribution in [0.3, 0.4) is 0 Å². The molecule has 9 heteroatoms. The summed E-state index contributed by atoms with van der Waals surface area (Å²) in [5.74, 6) is -0.270. The largest absolute Gasteiger partial charge is 0.461 e. The summed E-state index contributed by atoms with van der Waals surface area (Å²) in [4.78, 5) is 47.1. The van der Waals surface area contributed by atoms with Crippen molar-refractivity contribution >= 4 is 24.0 Å². The molecular weight excluding hydrogens is 490 g/mol. The number of amides is 1. The molecule has 0 bridgehead atoms. The SMILES string of the molecule is C=CCOC(=O)CCc1ccc(OC(=O)CCCNC(=O)Oc2ccc(CCC(=O)OCC=C)cc2)cc1. The van der Waals surface area contributed by atoms with E-state index in [4.69, 9.17) is 18.9 Å². The maximum Gasteiger partial charge on any atom is 0.412 e. The average Bonchev–Trinajstić information content (AvgIpc) is 2.92.